The van der Waals surface area contributed by atoms with Gasteiger partial charge in [0.15, 0.2) is 0 Å². The summed E-state index contributed by atoms with van der Waals surface area (Å²) in [6.45, 7) is 1.48. The van der Waals surface area contributed by atoms with Crippen molar-refractivity contribution in [1.29, 1.82) is 0 Å². The highest BCUT2D eigenvalue weighted by molar-refractivity contribution is 5.49. The fourth-order valence-corrected chi connectivity index (χ4v) is 0.904. The summed E-state index contributed by atoms with van der Waals surface area (Å²) in [5.74, 6) is 0. The molecule has 4 nitrogen and oxygen atoms in total. The van der Waals surface area contributed by atoms with Crippen molar-refractivity contribution in [2.45, 2.75) is 6.92 Å². The van der Waals surface area contributed by atoms with Gasteiger partial charge in [-0.05, 0) is 11.6 Å². The molecule has 64 valence electrons. The largest absolute Gasteiger partial charge is 0.357 e. The molecule has 0 spiro atoms. The molecule has 1 aromatic rings. The summed E-state index contributed by atoms with van der Waals surface area (Å²) >= 11 is 0. The number of nitro groups is 1. The van der Waals surface area contributed by atoms with Crippen molar-refractivity contribution in [3.05, 3.63) is 39.8 Å². The summed E-state index contributed by atoms with van der Waals surface area (Å²) in [4.78, 5) is 9.85. The highest BCUT2D eigenvalue weighted by atomic mass is 16.6. The molecule has 0 unspecified atom stereocenters. The van der Waals surface area contributed by atoms with Gasteiger partial charge in [-0.25, -0.2) is 0 Å². The highest BCUT2D eigenvalue weighted by Gasteiger charge is 2.01. The molecule has 12 heavy (non-hydrogen) atoms. The first-order chi connectivity index (χ1) is 5.59. The molecule has 1 rings (SSSR count). The van der Waals surface area contributed by atoms with Crippen LogP contribution in [0.1, 0.15) is 12.5 Å². The number of aryl methyl sites for hydroxylation is 1. The lowest BCUT2D eigenvalue weighted by Crippen LogP contribution is -1.92. The van der Waals surface area contributed by atoms with Gasteiger partial charge in [0.2, 0.25) is 5.70 Å². The van der Waals surface area contributed by atoms with Gasteiger partial charge in [-0.2, -0.15) is 0 Å². The molecule has 0 aromatic carbocycles. The lowest BCUT2D eigenvalue weighted by atomic mass is 10.3. The molecule has 0 radical (unpaired) electrons. The maximum atomic E-state index is 10.2. The van der Waals surface area contributed by atoms with Crippen LogP contribution in [-0.2, 0) is 7.05 Å². The average molecular weight is 166 g/mol. The second kappa shape index (κ2) is 3.21. The summed E-state index contributed by atoms with van der Waals surface area (Å²) in [5, 5.41) is 10.2. The van der Waals surface area contributed by atoms with E-state index in [1.165, 1.54) is 6.92 Å². The number of aromatic nitrogens is 1. The molecule has 4 heteroatoms. The zero-order valence-electron chi connectivity index (χ0n) is 7.02. The van der Waals surface area contributed by atoms with E-state index >= 15 is 0 Å². The van der Waals surface area contributed by atoms with E-state index in [1.54, 1.807) is 6.08 Å². The third-order valence-electron chi connectivity index (χ3n) is 1.52. The van der Waals surface area contributed by atoms with Gasteiger partial charge in [0.25, 0.3) is 0 Å². The van der Waals surface area contributed by atoms with Crippen LogP contribution >= 0.6 is 0 Å². The Labute approximate surface area is 70.3 Å². The van der Waals surface area contributed by atoms with Crippen molar-refractivity contribution >= 4 is 6.08 Å². The van der Waals surface area contributed by atoms with Gasteiger partial charge >= 0.3 is 0 Å². The SMILES string of the molecule is CC(=Cc1ccn(C)c1)[N+](=O)[O-]. The third kappa shape index (κ3) is 1.95. The predicted octanol–water partition coefficient (Wildman–Crippen LogP) is 1.66. The molecule has 0 aliphatic heterocycles. The first-order valence-corrected chi connectivity index (χ1v) is 3.54. The Balaban J connectivity index is 2.87. The second-order valence-electron chi connectivity index (χ2n) is 2.65. The first-order valence-electron chi connectivity index (χ1n) is 3.54. The van der Waals surface area contributed by atoms with E-state index in [0.29, 0.717) is 0 Å². The molecule has 0 aliphatic rings. The predicted molar refractivity (Wildman–Crippen MR) is 46.1 cm³/mol. The lowest BCUT2D eigenvalue weighted by molar-refractivity contribution is -0.422. The van der Waals surface area contributed by atoms with Crippen LogP contribution in [-0.4, -0.2) is 9.49 Å². The smallest absolute Gasteiger partial charge is 0.243 e. The van der Waals surface area contributed by atoms with E-state index in [9.17, 15) is 10.1 Å². The molecule has 0 bridgehead atoms. The fourth-order valence-electron chi connectivity index (χ4n) is 0.904. The Morgan fingerprint density at radius 1 is 1.75 bits per heavy atom. The normalized spacial score (nSPS) is 11.7. The average Bonchev–Trinajstić information content (AvgIpc) is 2.35. The molecule has 0 amide bonds. The minimum atomic E-state index is -0.396. The molecular weight excluding hydrogens is 156 g/mol. The van der Waals surface area contributed by atoms with Crippen LogP contribution in [0.4, 0.5) is 0 Å². The molecule has 0 aliphatic carbocycles. The van der Waals surface area contributed by atoms with Gasteiger partial charge in [-0.15, -0.1) is 0 Å². The van der Waals surface area contributed by atoms with Crippen molar-refractivity contribution in [3.63, 3.8) is 0 Å². The summed E-state index contributed by atoms with van der Waals surface area (Å²) in [6.07, 6.45) is 5.21. The molecule has 0 fully saturated rings. The van der Waals surface area contributed by atoms with E-state index in [-0.39, 0.29) is 5.70 Å². The van der Waals surface area contributed by atoms with Gasteiger partial charge in [-0.3, -0.25) is 10.1 Å². The van der Waals surface area contributed by atoms with Crippen LogP contribution in [0.15, 0.2) is 24.2 Å². The number of hydrogen-bond donors (Lipinski definition) is 0. The number of allylic oxidation sites excluding steroid dienone is 1. The van der Waals surface area contributed by atoms with Gasteiger partial charge < -0.3 is 4.57 Å². The van der Waals surface area contributed by atoms with E-state index in [0.717, 1.165) is 5.56 Å². The van der Waals surface area contributed by atoms with E-state index < -0.39 is 4.92 Å². The Morgan fingerprint density at radius 3 is 2.83 bits per heavy atom. The maximum Gasteiger partial charge on any atom is 0.243 e. The summed E-state index contributed by atoms with van der Waals surface area (Å²) in [7, 11) is 1.87. The topological polar surface area (TPSA) is 48.1 Å². The van der Waals surface area contributed by atoms with Crippen molar-refractivity contribution in [1.82, 2.24) is 4.57 Å². The minimum Gasteiger partial charge on any atom is -0.357 e. The molecule has 0 saturated carbocycles. The molecular formula is C8H10N2O2. The standard InChI is InChI=1S/C8H10N2O2/c1-7(10(11)12)5-8-3-4-9(2)6-8/h3-6H,1-2H3. The monoisotopic (exact) mass is 166 g/mol. The number of nitrogens with zero attached hydrogens (tertiary/aromatic N) is 2. The van der Waals surface area contributed by atoms with Crippen LogP contribution in [0.5, 0.6) is 0 Å². The van der Waals surface area contributed by atoms with Gasteiger partial charge in [-0.1, -0.05) is 0 Å². The summed E-state index contributed by atoms with van der Waals surface area (Å²) < 4.78 is 1.85. The third-order valence-corrected chi connectivity index (χ3v) is 1.52. The molecule has 1 aromatic heterocycles. The van der Waals surface area contributed by atoms with Crippen LogP contribution < -0.4 is 0 Å². The van der Waals surface area contributed by atoms with Crippen LogP contribution in [0.2, 0.25) is 0 Å². The lowest BCUT2D eigenvalue weighted by Gasteiger charge is -1.87. The van der Waals surface area contributed by atoms with E-state index in [1.807, 2.05) is 30.1 Å². The summed E-state index contributed by atoms with van der Waals surface area (Å²) in [6, 6.07) is 1.83. The molecule has 0 atom stereocenters. The van der Waals surface area contributed by atoms with Crippen LogP contribution in [0.25, 0.3) is 6.08 Å². The molecule has 0 saturated heterocycles. The quantitative estimate of drug-likeness (QED) is 0.495. The Hall–Kier alpha value is -1.58. The van der Waals surface area contributed by atoms with Gasteiger partial charge in [0.1, 0.15) is 0 Å². The molecule has 0 N–H and O–H groups in total. The van der Waals surface area contributed by atoms with Crippen LogP contribution in [0, 0.1) is 10.1 Å². The Kier molecular flexibility index (Phi) is 2.28. The Bertz CT molecular complexity index is 326. The molecule has 1 heterocycles. The highest BCUT2D eigenvalue weighted by Crippen LogP contribution is 2.06. The van der Waals surface area contributed by atoms with E-state index in [2.05, 4.69) is 0 Å². The number of hydrogen-bond acceptors (Lipinski definition) is 2. The minimum absolute atomic E-state index is 0.154. The van der Waals surface area contributed by atoms with E-state index in [4.69, 9.17) is 0 Å². The maximum absolute atomic E-state index is 10.2. The van der Waals surface area contributed by atoms with Crippen molar-refractivity contribution < 1.29 is 4.92 Å². The number of rotatable bonds is 2. The van der Waals surface area contributed by atoms with Gasteiger partial charge in [0, 0.05) is 32.4 Å². The summed E-state index contributed by atoms with van der Waals surface area (Å²) in [5.41, 5.74) is 1.01. The second-order valence-corrected chi connectivity index (χ2v) is 2.65. The zero-order valence-corrected chi connectivity index (χ0v) is 7.02. The van der Waals surface area contributed by atoms with Crippen molar-refractivity contribution in [2.75, 3.05) is 0 Å². The van der Waals surface area contributed by atoms with Crippen molar-refractivity contribution in [3.8, 4) is 0 Å². The Morgan fingerprint density at radius 2 is 2.42 bits per heavy atom. The van der Waals surface area contributed by atoms with Gasteiger partial charge in [0.05, 0.1) is 4.92 Å². The fraction of sp³-hybridized carbons (Fsp3) is 0.250. The zero-order chi connectivity index (χ0) is 9.14. The van der Waals surface area contributed by atoms with Crippen molar-refractivity contribution in [2.24, 2.45) is 7.05 Å². The van der Waals surface area contributed by atoms with Crippen LogP contribution in [0.3, 0.4) is 0 Å². The first kappa shape index (κ1) is 8.52.